The van der Waals surface area contributed by atoms with Crippen LogP contribution in [0, 0.1) is 6.92 Å². The molecule has 4 rings (SSSR count). The highest BCUT2D eigenvalue weighted by Gasteiger charge is 2.17. The number of rotatable bonds is 7. The van der Waals surface area contributed by atoms with Crippen LogP contribution in [0.15, 0.2) is 77.7 Å². The summed E-state index contributed by atoms with van der Waals surface area (Å²) in [5.41, 5.74) is 3.76. The first-order chi connectivity index (χ1) is 15.9. The van der Waals surface area contributed by atoms with Crippen molar-refractivity contribution in [3.63, 3.8) is 0 Å². The molecule has 0 radical (unpaired) electrons. The molecule has 0 spiro atoms. The first-order valence-corrected chi connectivity index (χ1v) is 10.7. The Hall–Kier alpha value is -4.20. The summed E-state index contributed by atoms with van der Waals surface area (Å²) in [6, 6.07) is 20.0. The number of hydrogen-bond acceptors (Lipinski definition) is 4. The van der Waals surface area contributed by atoms with Gasteiger partial charge in [-0.05, 0) is 42.3 Å². The number of nitrogens with one attached hydrogen (secondary N) is 2. The minimum atomic E-state index is -0.428. The fourth-order valence-corrected chi connectivity index (χ4v) is 3.69. The lowest BCUT2D eigenvalue weighted by Gasteiger charge is -2.18. The zero-order chi connectivity index (χ0) is 23.4. The number of carbonyl (C=O) groups is 2. The standard InChI is InChI=1S/C25H25N5O3/c1-17-9-11-20(12-10-17)22(26-18(2)31)15-24(32)27-21-7-5-6-19(14-21)16-30-25(33)29-13-4-3-8-23(29)28-30/h3-14,22H,15-16H2,1-2H3,(H,26,31)(H,27,32). The summed E-state index contributed by atoms with van der Waals surface area (Å²) in [6.07, 6.45) is 1.77. The highest BCUT2D eigenvalue weighted by Crippen LogP contribution is 2.19. The van der Waals surface area contributed by atoms with Gasteiger partial charge in [-0.15, -0.1) is 5.10 Å². The second-order valence-corrected chi connectivity index (χ2v) is 7.99. The van der Waals surface area contributed by atoms with Gasteiger partial charge in [0.1, 0.15) is 0 Å². The summed E-state index contributed by atoms with van der Waals surface area (Å²) in [6.45, 7) is 3.70. The van der Waals surface area contributed by atoms with Gasteiger partial charge in [-0.2, -0.15) is 0 Å². The van der Waals surface area contributed by atoms with Crippen molar-refractivity contribution in [3.05, 3.63) is 100 Å². The molecule has 2 N–H and O–H groups in total. The van der Waals surface area contributed by atoms with Gasteiger partial charge in [0.2, 0.25) is 11.8 Å². The molecule has 0 saturated heterocycles. The first kappa shape index (κ1) is 22.0. The van der Waals surface area contributed by atoms with Gasteiger partial charge in [0.15, 0.2) is 5.65 Å². The quantitative estimate of drug-likeness (QED) is 0.459. The maximum atomic E-state index is 12.8. The van der Waals surface area contributed by atoms with Gasteiger partial charge in [-0.25, -0.2) is 9.48 Å². The molecule has 0 aliphatic rings. The third-order valence-electron chi connectivity index (χ3n) is 5.28. The number of nitrogens with zero attached hydrogens (tertiary/aromatic N) is 3. The molecule has 8 nitrogen and oxygen atoms in total. The molecule has 2 amide bonds. The number of anilines is 1. The Morgan fingerprint density at radius 1 is 1.03 bits per heavy atom. The van der Waals surface area contributed by atoms with Crippen molar-refractivity contribution >= 4 is 23.1 Å². The molecule has 4 aromatic rings. The third kappa shape index (κ3) is 5.35. The lowest BCUT2D eigenvalue weighted by Crippen LogP contribution is -2.29. The van der Waals surface area contributed by atoms with E-state index in [0.717, 1.165) is 16.7 Å². The molecule has 2 aromatic heterocycles. The molecule has 0 saturated carbocycles. The van der Waals surface area contributed by atoms with Crippen LogP contribution in [-0.2, 0) is 16.1 Å². The van der Waals surface area contributed by atoms with Crippen LogP contribution in [0.4, 0.5) is 5.69 Å². The molecule has 2 heterocycles. The third-order valence-corrected chi connectivity index (χ3v) is 5.28. The summed E-state index contributed by atoms with van der Waals surface area (Å²) in [5, 5.41) is 10.1. The topological polar surface area (TPSA) is 97.5 Å². The molecule has 33 heavy (non-hydrogen) atoms. The van der Waals surface area contributed by atoms with Gasteiger partial charge in [-0.1, -0.05) is 48.0 Å². The smallest absolute Gasteiger partial charge is 0.349 e. The van der Waals surface area contributed by atoms with Crippen molar-refractivity contribution in [1.29, 1.82) is 0 Å². The highest BCUT2D eigenvalue weighted by molar-refractivity contribution is 5.91. The summed E-state index contributed by atoms with van der Waals surface area (Å²) < 4.78 is 2.87. The molecule has 1 atom stereocenters. The van der Waals surface area contributed by atoms with Gasteiger partial charge in [-0.3, -0.25) is 14.0 Å². The maximum Gasteiger partial charge on any atom is 0.350 e. The van der Waals surface area contributed by atoms with Gasteiger partial charge < -0.3 is 10.6 Å². The van der Waals surface area contributed by atoms with Crippen LogP contribution < -0.4 is 16.3 Å². The Kier molecular flexibility index (Phi) is 6.35. The van der Waals surface area contributed by atoms with E-state index in [1.165, 1.54) is 16.0 Å². The highest BCUT2D eigenvalue weighted by atomic mass is 16.2. The average molecular weight is 444 g/mol. The lowest BCUT2D eigenvalue weighted by atomic mass is 10.0. The molecule has 0 aliphatic heterocycles. The van der Waals surface area contributed by atoms with E-state index >= 15 is 0 Å². The van der Waals surface area contributed by atoms with Crippen LogP contribution in [0.5, 0.6) is 0 Å². The van der Waals surface area contributed by atoms with Gasteiger partial charge in [0, 0.05) is 18.8 Å². The zero-order valence-corrected chi connectivity index (χ0v) is 18.5. The fourth-order valence-electron chi connectivity index (χ4n) is 3.69. The van der Waals surface area contributed by atoms with Crippen LogP contribution in [0.2, 0.25) is 0 Å². The number of amides is 2. The minimum absolute atomic E-state index is 0.0960. The predicted molar refractivity (Wildman–Crippen MR) is 126 cm³/mol. The Balaban J connectivity index is 1.47. The van der Waals surface area contributed by atoms with Gasteiger partial charge >= 0.3 is 5.69 Å². The average Bonchev–Trinajstić information content (AvgIpc) is 3.09. The van der Waals surface area contributed by atoms with Crippen molar-refractivity contribution < 1.29 is 9.59 Å². The van der Waals surface area contributed by atoms with E-state index < -0.39 is 6.04 Å². The molecular formula is C25H25N5O3. The molecule has 1 unspecified atom stereocenters. The SMILES string of the molecule is CC(=O)NC(CC(=O)Nc1cccc(Cn2nc3ccccn3c2=O)c1)c1ccc(C)cc1. The monoisotopic (exact) mass is 443 g/mol. The number of aromatic nitrogens is 3. The molecule has 168 valence electrons. The first-order valence-electron chi connectivity index (χ1n) is 10.7. The molecule has 0 fully saturated rings. The number of fused-ring (bicyclic) bond motifs is 1. The van der Waals surface area contributed by atoms with Crippen LogP contribution in [0.25, 0.3) is 5.65 Å². The Labute approximate surface area is 190 Å². The van der Waals surface area contributed by atoms with E-state index in [9.17, 15) is 14.4 Å². The van der Waals surface area contributed by atoms with E-state index in [1.54, 1.807) is 24.4 Å². The number of pyridine rings is 1. The van der Waals surface area contributed by atoms with E-state index in [4.69, 9.17) is 0 Å². The summed E-state index contributed by atoms with van der Waals surface area (Å²) in [5.74, 6) is -0.426. The van der Waals surface area contributed by atoms with Crippen LogP contribution in [0.3, 0.4) is 0 Å². The lowest BCUT2D eigenvalue weighted by molar-refractivity contribution is -0.120. The van der Waals surface area contributed by atoms with Crippen LogP contribution in [-0.4, -0.2) is 26.0 Å². The summed E-state index contributed by atoms with van der Waals surface area (Å²) in [7, 11) is 0. The van der Waals surface area contributed by atoms with E-state index in [0.29, 0.717) is 11.3 Å². The van der Waals surface area contributed by atoms with Crippen molar-refractivity contribution in [2.24, 2.45) is 0 Å². The van der Waals surface area contributed by atoms with E-state index in [2.05, 4.69) is 15.7 Å². The minimum Gasteiger partial charge on any atom is -0.349 e. The number of carbonyl (C=O) groups excluding carboxylic acids is 2. The van der Waals surface area contributed by atoms with Gasteiger partial charge in [0.05, 0.1) is 19.0 Å². The number of benzene rings is 2. The Bertz CT molecular complexity index is 1350. The molecule has 0 bridgehead atoms. The second-order valence-electron chi connectivity index (χ2n) is 7.99. The van der Waals surface area contributed by atoms with Crippen molar-refractivity contribution in [3.8, 4) is 0 Å². The molecule has 8 heteroatoms. The largest absolute Gasteiger partial charge is 0.350 e. The summed E-state index contributed by atoms with van der Waals surface area (Å²) >= 11 is 0. The normalized spacial score (nSPS) is 11.8. The van der Waals surface area contributed by atoms with Crippen molar-refractivity contribution in [1.82, 2.24) is 19.5 Å². The Morgan fingerprint density at radius 2 is 1.82 bits per heavy atom. The fraction of sp³-hybridized carbons (Fsp3) is 0.200. The molecule has 2 aromatic carbocycles. The van der Waals surface area contributed by atoms with Crippen molar-refractivity contribution in [2.45, 2.75) is 32.9 Å². The molecular weight excluding hydrogens is 418 g/mol. The van der Waals surface area contributed by atoms with Crippen molar-refractivity contribution in [2.75, 3.05) is 5.32 Å². The van der Waals surface area contributed by atoms with Gasteiger partial charge in [0.25, 0.3) is 0 Å². The number of aryl methyl sites for hydroxylation is 1. The summed E-state index contributed by atoms with van der Waals surface area (Å²) in [4.78, 5) is 36.9. The number of hydrogen-bond donors (Lipinski definition) is 2. The molecule has 0 aliphatic carbocycles. The second kappa shape index (κ2) is 9.52. The van der Waals surface area contributed by atoms with E-state index in [-0.39, 0.29) is 30.5 Å². The predicted octanol–water partition coefficient (Wildman–Crippen LogP) is 3.06. The zero-order valence-electron chi connectivity index (χ0n) is 18.5. The Morgan fingerprint density at radius 3 is 2.55 bits per heavy atom. The van der Waals surface area contributed by atoms with Crippen LogP contribution >= 0.6 is 0 Å². The van der Waals surface area contributed by atoms with E-state index in [1.807, 2.05) is 55.5 Å². The maximum absolute atomic E-state index is 12.8. The van der Waals surface area contributed by atoms with Crippen LogP contribution in [0.1, 0.15) is 36.1 Å².